The number of nitro groups is 1. The van der Waals surface area contributed by atoms with Crippen molar-refractivity contribution in [2.45, 2.75) is 26.7 Å². The Morgan fingerprint density at radius 2 is 1.70 bits per heavy atom. The second kappa shape index (κ2) is 12.0. The first-order chi connectivity index (χ1) is 15.7. The van der Waals surface area contributed by atoms with Gasteiger partial charge < -0.3 is 15.0 Å². The zero-order chi connectivity index (χ0) is 24.4. The molecule has 0 spiro atoms. The number of azo groups is 1. The van der Waals surface area contributed by atoms with Crippen molar-refractivity contribution in [1.29, 1.82) is 0 Å². The lowest BCUT2D eigenvalue weighted by Gasteiger charge is -2.25. The fraction of sp³-hybridized carbons (Fsp3) is 0.318. The number of nitro benzene ring substituents is 1. The highest BCUT2D eigenvalue weighted by Crippen LogP contribution is 2.32. The molecule has 0 aliphatic heterocycles. The maximum absolute atomic E-state index is 11.7. The van der Waals surface area contributed by atoms with Crippen molar-refractivity contribution in [2.75, 3.05) is 30.4 Å². The predicted molar refractivity (Wildman–Crippen MR) is 122 cm³/mol. The molecule has 0 aliphatic rings. The Balaban J connectivity index is 2.32. The Morgan fingerprint density at radius 1 is 1.03 bits per heavy atom. The van der Waals surface area contributed by atoms with Gasteiger partial charge in [0.05, 0.1) is 29.8 Å². The van der Waals surface area contributed by atoms with Crippen LogP contribution < -0.4 is 10.2 Å². The standard InChI is InChI=1S/C22H25N5O6/c1-15(28)10-12-26(13-11-22(30)33-3)19-8-9-20(21(14-19)23-16(2)29)25-24-17-4-6-18(7-5-17)27(31)32/h4-9,14H,10-13H2,1-3H3,(H,23,29). The van der Waals surface area contributed by atoms with Crippen molar-refractivity contribution in [2.24, 2.45) is 10.2 Å². The molecule has 0 aliphatic carbocycles. The number of carbonyl (C=O) groups is 3. The predicted octanol–water partition coefficient (Wildman–Crippen LogP) is 4.32. The molecule has 0 unspecified atom stereocenters. The van der Waals surface area contributed by atoms with E-state index in [0.29, 0.717) is 35.8 Å². The molecule has 0 atom stereocenters. The number of Topliss-reactive ketones (excluding diaryl/α,β-unsaturated/α-hetero) is 1. The van der Waals surface area contributed by atoms with E-state index < -0.39 is 4.92 Å². The van der Waals surface area contributed by atoms with Gasteiger partial charge in [0.25, 0.3) is 5.69 Å². The molecule has 11 heteroatoms. The van der Waals surface area contributed by atoms with Crippen molar-refractivity contribution in [3.05, 3.63) is 52.6 Å². The zero-order valence-corrected chi connectivity index (χ0v) is 18.6. The highest BCUT2D eigenvalue weighted by Gasteiger charge is 2.14. The summed E-state index contributed by atoms with van der Waals surface area (Å²) in [5.41, 5.74) is 1.77. The van der Waals surface area contributed by atoms with E-state index in [-0.39, 0.29) is 36.2 Å². The first-order valence-electron chi connectivity index (χ1n) is 10.1. The molecule has 11 nitrogen and oxygen atoms in total. The van der Waals surface area contributed by atoms with Gasteiger partial charge in [0, 0.05) is 44.3 Å². The maximum Gasteiger partial charge on any atom is 0.307 e. The van der Waals surface area contributed by atoms with Crippen LogP contribution in [-0.2, 0) is 19.1 Å². The number of nitrogens with one attached hydrogen (secondary N) is 1. The third-order valence-electron chi connectivity index (χ3n) is 4.54. The minimum Gasteiger partial charge on any atom is -0.469 e. The number of anilines is 2. The molecule has 0 saturated heterocycles. The summed E-state index contributed by atoms with van der Waals surface area (Å²) in [6.45, 7) is 3.55. The lowest BCUT2D eigenvalue weighted by molar-refractivity contribution is -0.384. The van der Waals surface area contributed by atoms with Crippen molar-refractivity contribution in [3.8, 4) is 0 Å². The van der Waals surface area contributed by atoms with Gasteiger partial charge >= 0.3 is 5.97 Å². The summed E-state index contributed by atoms with van der Waals surface area (Å²) in [4.78, 5) is 46.9. The molecule has 1 N–H and O–H groups in total. The van der Waals surface area contributed by atoms with E-state index >= 15 is 0 Å². The van der Waals surface area contributed by atoms with Crippen LogP contribution >= 0.6 is 0 Å². The van der Waals surface area contributed by atoms with Crippen molar-refractivity contribution in [3.63, 3.8) is 0 Å². The molecule has 0 heterocycles. The number of nitrogens with zero attached hydrogens (tertiary/aromatic N) is 4. The number of methoxy groups -OCH3 is 1. The Hall–Kier alpha value is -4.15. The molecule has 174 valence electrons. The number of esters is 1. The fourth-order valence-corrected chi connectivity index (χ4v) is 2.84. The first-order valence-corrected chi connectivity index (χ1v) is 10.1. The summed E-state index contributed by atoms with van der Waals surface area (Å²) in [5, 5.41) is 21.7. The number of rotatable bonds is 11. The molecule has 33 heavy (non-hydrogen) atoms. The molecule has 2 aromatic carbocycles. The SMILES string of the molecule is COC(=O)CCN(CCC(C)=O)c1ccc(N=Nc2ccc([N+](=O)[O-])cc2)c(NC(C)=O)c1. The van der Waals surface area contributed by atoms with E-state index in [9.17, 15) is 24.5 Å². The average Bonchev–Trinajstić information content (AvgIpc) is 2.77. The van der Waals surface area contributed by atoms with Gasteiger partial charge in [0.1, 0.15) is 11.5 Å². The van der Waals surface area contributed by atoms with Gasteiger partial charge in [-0.15, -0.1) is 5.11 Å². The molecule has 0 radical (unpaired) electrons. The van der Waals surface area contributed by atoms with Crippen LogP contribution in [-0.4, -0.2) is 42.8 Å². The van der Waals surface area contributed by atoms with E-state index in [1.54, 1.807) is 18.2 Å². The number of hydrogen-bond acceptors (Lipinski definition) is 9. The zero-order valence-electron chi connectivity index (χ0n) is 18.6. The van der Waals surface area contributed by atoms with Gasteiger partial charge in [-0.2, -0.15) is 5.11 Å². The maximum atomic E-state index is 11.7. The average molecular weight is 455 g/mol. The van der Waals surface area contributed by atoms with Gasteiger partial charge in [-0.05, 0) is 37.3 Å². The third kappa shape index (κ3) is 8.13. The molecule has 0 saturated carbocycles. The van der Waals surface area contributed by atoms with Crippen LogP contribution in [0.25, 0.3) is 0 Å². The second-order valence-electron chi connectivity index (χ2n) is 7.12. The minimum atomic E-state index is -0.507. The van der Waals surface area contributed by atoms with Crippen LogP contribution in [0.1, 0.15) is 26.7 Å². The Bertz CT molecular complexity index is 1050. The number of non-ortho nitro benzene ring substituents is 1. The molecule has 2 aromatic rings. The Kier molecular flexibility index (Phi) is 9.16. The van der Waals surface area contributed by atoms with Crippen LogP contribution in [0.15, 0.2) is 52.7 Å². The van der Waals surface area contributed by atoms with Crippen molar-refractivity contribution >= 4 is 46.1 Å². The number of ketones is 1. The lowest BCUT2D eigenvalue weighted by atomic mass is 10.2. The molecule has 0 fully saturated rings. The van der Waals surface area contributed by atoms with E-state index in [4.69, 9.17) is 4.74 Å². The number of benzene rings is 2. The molecular weight excluding hydrogens is 430 g/mol. The topological polar surface area (TPSA) is 144 Å². The van der Waals surface area contributed by atoms with Gasteiger partial charge in [-0.3, -0.25) is 24.5 Å². The van der Waals surface area contributed by atoms with E-state index in [2.05, 4.69) is 15.5 Å². The monoisotopic (exact) mass is 455 g/mol. The summed E-state index contributed by atoms with van der Waals surface area (Å²) < 4.78 is 4.70. The fourth-order valence-electron chi connectivity index (χ4n) is 2.84. The highest BCUT2D eigenvalue weighted by atomic mass is 16.6. The number of carbonyl (C=O) groups excluding carboxylic acids is 3. The smallest absolute Gasteiger partial charge is 0.307 e. The van der Waals surface area contributed by atoms with Gasteiger partial charge in [0.15, 0.2) is 0 Å². The van der Waals surface area contributed by atoms with Crippen LogP contribution in [0.4, 0.5) is 28.4 Å². The minimum absolute atomic E-state index is 0.00803. The van der Waals surface area contributed by atoms with Crippen LogP contribution in [0, 0.1) is 10.1 Å². The summed E-state index contributed by atoms with van der Waals surface area (Å²) in [6, 6.07) is 10.6. The van der Waals surface area contributed by atoms with Crippen LogP contribution in [0.3, 0.4) is 0 Å². The molecule has 0 bridgehead atoms. The van der Waals surface area contributed by atoms with Gasteiger partial charge in [-0.25, -0.2) is 0 Å². The third-order valence-corrected chi connectivity index (χ3v) is 4.54. The molecule has 0 aromatic heterocycles. The normalized spacial score (nSPS) is 10.6. The largest absolute Gasteiger partial charge is 0.469 e. The first kappa shape index (κ1) is 25.1. The lowest BCUT2D eigenvalue weighted by Crippen LogP contribution is -2.28. The summed E-state index contributed by atoms with van der Waals surface area (Å²) >= 11 is 0. The summed E-state index contributed by atoms with van der Waals surface area (Å²) in [7, 11) is 1.31. The van der Waals surface area contributed by atoms with Gasteiger partial charge in [-0.1, -0.05) is 0 Å². The molecule has 2 rings (SSSR count). The Morgan fingerprint density at radius 3 is 2.27 bits per heavy atom. The van der Waals surface area contributed by atoms with Gasteiger partial charge in [0.2, 0.25) is 5.91 Å². The van der Waals surface area contributed by atoms with Crippen molar-refractivity contribution < 1.29 is 24.0 Å². The number of amides is 1. The second-order valence-corrected chi connectivity index (χ2v) is 7.12. The molecular formula is C22H25N5O6. The number of ether oxygens (including phenoxy) is 1. The quantitative estimate of drug-likeness (QED) is 0.230. The molecule has 1 amide bonds. The Labute approximate surface area is 190 Å². The highest BCUT2D eigenvalue weighted by molar-refractivity contribution is 5.93. The van der Waals surface area contributed by atoms with Crippen LogP contribution in [0.2, 0.25) is 0 Å². The van der Waals surface area contributed by atoms with Crippen molar-refractivity contribution in [1.82, 2.24) is 0 Å². The van der Waals surface area contributed by atoms with E-state index in [0.717, 1.165) is 0 Å². The van der Waals surface area contributed by atoms with Crippen LogP contribution in [0.5, 0.6) is 0 Å². The number of hydrogen-bond donors (Lipinski definition) is 1. The van der Waals surface area contributed by atoms with E-state index in [1.165, 1.54) is 45.2 Å². The summed E-state index contributed by atoms with van der Waals surface area (Å²) in [5.74, 6) is -0.684. The van der Waals surface area contributed by atoms with E-state index in [1.807, 2.05) is 4.90 Å². The summed E-state index contributed by atoms with van der Waals surface area (Å²) in [6.07, 6.45) is 0.420.